The largest absolute Gasteiger partial charge is 0.468 e. The molecule has 4 nitrogen and oxygen atoms in total. The smallest absolute Gasteiger partial charge is 0.319 e. The molecule has 0 aliphatic carbocycles. The molecule has 1 heterocycles. The average Bonchev–Trinajstić information content (AvgIpc) is 2.38. The lowest BCUT2D eigenvalue weighted by molar-refractivity contribution is -0.139. The molecular weight excluding hydrogens is 216 g/mol. The fourth-order valence-corrected chi connectivity index (χ4v) is 1.57. The summed E-state index contributed by atoms with van der Waals surface area (Å²) in [5.41, 5.74) is 1.87. The molecule has 88 valence electrons. The van der Waals surface area contributed by atoms with Crippen molar-refractivity contribution in [1.29, 1.82) is 0 Å². The predicted molar refractivity (Wildman–Crippen MR) is 65.5 cm³/mol. The molecule has 17 heavy (non-hydrogen) atoms. The van der Waals surface area contributed by atoms with E-state index < -0.39 is 0 Å². The van der Waals surface area contributed by atoms with E-state index in [1.165, 1.54) is 7.11 Å². The number of nitrogens with zero attached hydrogens (tertiary/aromatic N) is 1. The van der Waals surface area contributed by atoms with Crippen LogP contribution in [0.25, 0.3) is 10.9 Å². The van der Waals surface area contributed by atoms with E-state index in [0.717, 1.165) is 16.6 Å². The van der Waals surface area contributed by atoms with Gasteiger partial charge in [0.05, 0.1) is 24.9 Å². The van der Waals surface area contributed by atoms with Crippen molar-refractivity contribution >= 4 is 16.9 Å². The molecular formula is C13H14N2O2. The minimum Gasteiger partial charge on any atom is -0.468 e. The first-order valence-electron chi connectivity index (χ1n) is 5.42. The molecule has 0 saturated carbocycles. The molecule has 1 aromatic carbocycles. The van der Waals surface area contributed by atoms with Gasteiger partial charge in [0.15, 0.2) is 0 Å². The summed E-state index contributed by atoms with van der Waals surface area (Å²) in [6.45, 7) is 0.755. The van der Waals surface area contributed by atoms with Crippen LogP contribution in [0, 0.1) is 0 Å². The number of ether oxygens (including phenoxy) is 1. The molecule has 2 aromatic rings. The van der Waals surface area contributed by atoms with Gasteiger partial charge in [0.2, 0.25) is 0 Å². The molecule has 1 N–H and O–H groups in total. The number of rotatable bonds is 4. The molecule has 0 radical (unpaired) electrons. The lowest BCUT2D eigenvalue weighted by Gasteiger charge is -2.04. The third-order valence-corrected chi connectivity index (χ3v) is 2.46. The fraction of sp³-hybridized carbons (Fsp3) is 0.231. The highest BCUT2D eigenvalue weighted by Crippen LogP contribution is 2.11. The Balaban J connectivity index is 2.02. The number of hydrogen-bond acceptors (Lipinski definition) is 4. The number of hydrogen-bond donors (Lipinski definition) is 1. The Morgan fingerprint density at radius 2 is 2.12 bits per heavy atom. The molecule has 1 aromatic heterocycles. The van der Waals surface area contributed by atoms with Crippen LogP contribution < -0.4 is 5.32 Å². The standard InChI is InChI=1S/C13H14N2O2/c1-17-13(16)9-14-8-11-7-6-10-4-2-3-5-12(10)15-11/h2-7,14H,8-9H2,1H3. The van der Waals surface area contributed by atoms with E-state index in [4.69, 9.17) is 0 Å². The molecule has 0 aliphatic rings. The average molecular weight is 230 g/mol. The number of carbonyl (C=O) groups excluding carboxylic acids is 1. The Labute approximate surface area is 99.6 Å². The van der Waals surface area contributed by atoms with Gasteiger partial charge >= 0.3 is 5.97 Å². The summed E-state index contributed by atoms with van der Waals surface area (Å²) in [6.07, 6.45) is 0. The van der Waals surface area contributed by atoms with Gasteiger partial charge in [-0.05, 0) is 12.1 Å². The molecule has 0 amide bonds. The number of pyridine rings is 1. The van der Waals surface area contributed by atoms with Crippen molar-refractivity contribution in [2.45, 2.75) is 6.54 Å². The van der Waals surface area contributed by atoms with Crippen LogP contribution in [0.4, 0.5) is 0 Å². The van der Waals surface area contributed by atoms with E-state index >= 15 is 0 Å². The van der Waals surface area contributed by atoms with Gasteiger partial charge in [-0.15, -0.1) is 0 Å². The minimum atomic E-state index is -0.272. The maximum absolute atomic E-state index is 10.9. The Kier molecular flexibility index (Phi) is 3.67. The Morgan fingerprint density at radius 1 is 1.29 bits per heavy atom. The summed E-state index contributed by atoms with van der Waals surface area (Å²) in [6, 6.07) is 11.9. The lowest BCUT2D eigenvalue weighted by atomic mass is 10.2. The van der Waals surface area contributed by atoms with Crippen LogP contribution in [-0.2, 0) is 16.1 Å². The van der Waals surface area contributed by atoms with Crippen molar-refractivity contribution in [2.75, 3.05) is 13.7 Å². The van der Waals surface area contributed by atoms with Crippen molar-refractivity contribution in [3.8, 4) is 0 Å². The quantitative estimate of drug-likeness (QED) is 0.809. The van der Waals surface area contributed by atoms with Crippen molar-refractivity contribution in [3.63, 3.8) is 0 Å². The molecule has 0 fully saturated rings. The van der Waals surface area contributed by atoms with Gasteiger partial charge in [-0.2, -0.15) is 0 Å². The predicted octanol–water partition coefficient (Wildman–Crippen LogP) is 1.50. The minimum absolute atomic E-state index is 0.199. The number of carbonyl (C=O) groups is 1. The Morgan fingerprint density at radius 3 is 2.94 bits per heavy atom. The third kappa shape index (κ3) is 3.01. The molecule has 4 heteroatoms. The summed E-state index contributed by atoms with van der Waals surface area (Å²) in [7, 11) is 1.37. The second kappa shape index (κ2) is 5.41. The zero-order valence-corrected chi connectivity index (χ0v) is 9.64. The van der Waals surface area contributed by atoms with Crippen molar-refractivity contribution < 1.29 is 9.53 Å². The van der Waals surface area contributed by atoms with Gasteiger partial charge in [0, 0.05) is 11.9 Å². The van der Waals surface area contributed by atoms with Crippen LogP contribution in [0.2, 0.25) is 0 Å². The number of methoxy groups -OCH3 is 1. The number of benzene rings is 1. The highest BCUT2D eigenvalue weighted by Gasteiger charge is 2.01. The Bertz CT molecular complexity index is 526. The lowest BCUT2D eigenvalue weighted by Crippen LogP contribution is -2.23. The monoisotopic (exact) mass is 230 g/mol. The molecule has 0 bridgehead atoms. The Hall–Kier alpha value is -1.94. The maximum atomic E-state index is 10.9. The first-order chi connectivity index (χ1) is 8.29. The summed E-state index contributed by atoms with van der Waals surface area (Å²) in [5.74, 6) is -0.272. The van der Waals surface area contributed by atoms with Crippen molar-refractivity contribution in [3.05, 3.63) is 42.1 Å². The molecule has 0 atom stereocenters. The molecule has 0 saturated heterocycles. The number of fused-ring (bicyclic) bond motifs is 1. The van der Waals surface area contributed by atoms with E-state index in [1.54, 1.807) is 0 Å². The first kappa shape index (κ1) is 11.5. The second-order valence-corrected chi connectivity index (χ2v) is 3.67. The second-order valence-electron chi connectivity index (χ2n) is 3.67. The topological polar surface area (TPSA) is 51.2 Å². The van der Waals surface area contributed by atoms with Gasteiger partial charge < -0.3 is 10.1 Å². The molecule has 0 aliphatic heterocycles. The number of para-hydroxylation sites is 1. The van der Waals surface area contributed by atoms with Crippen LogP contribution in [0.15, 0.2) is 36.4 Å². The van der Waals surface area contributed by atoms with Crippen LogP contribution >= 0.6 is 0 Å². The SMILES string of the molecule is COC(=O)CNCc1ccc2ccccc2n1. The summed E-state index contributed by atoms with van der Waals surface area (Å²) < 4.78 is 4.54. The zero-order valence-electron chi connectivity index (χ0n) is 9.64. The summed E-state index contributed by atoms with van der Waals surface area (Å²) in [5, 5.41) is 4.10. The maximum Gasteiger partial charge on any atom is 0.319 e. The van der Waals surface area contributed by atoms with Crippen molar-refractivity contribution in [1.82, 2.24) is 10.3 Å². The summed E-state index contributed by atoms with van der Waals surface area (Å²) in [4.78, 5) is 15.4. The van der Waals surface area contributed by atoms with E-state index in [9.17, 15) is 4.79 Å². The normalized spacial score (nSPS) is 10.4. The van der Waals surface area contributed by atoms with Crippen LogP contribution in [0.3, 0.4) is 0 Å². The van der Waals surface area contributed by atoms with Gasteiger partial charge in [0.1, 0.15) is 0 Å². The fourth-order valence-electron chi connectivity index (χ4n) is 1.57. The molecule has 0 unspecified atom stereocenters. The van der Waals surface area contributed by atoms with E-state index in [2.05, 4.69) is 15.0 Å². The summed E-state index contributed by atoms with van der Waals surface area (Å²) >= 11 is 0. The zero-order chi connectivity index (χ0) is 12.1. The van der Waals surface area contributed by atoms with E-state index in [-0.39, 0.29) is 12.5 Å². The van der Waals surface area contributed by atoms with Gasteiger partial charge in [0.25, 0.3) is 0 Å². The number of nitrogens with one attached hydrogen (secondary N) is 1. The molecule has 2 rings (SSSR count). The van der Waals surface area contributed by atoms with Crippen LogP contribution in [0.5, 0.6) is 0 Å². The molecule has 0 spiro atoms. The number of esters is 1. The third-order valence-electron chi connectivity index (χ3n) is 2.46. The van der Waals surface area contributed by atoms with Gasteiger partial charge in [-0.1, -0.05) is 24.3 Å². The van der Waals surface area contributed by atoms with Crippen molar-refractivity contribution in [2.24, 2.45) is 0 Å². The van der Waals surface area contributed by atoms with Crippen LogP contribution in [0.1, 0.15) is 5.69 Å². The van der Waals surface area contributed by atoms with Gasteiger partial charge in [-0.25, -0.2) is 0 Å². The van der Waals surface area contributed by atoms with E-state index in [1.807, 2.05) is 36.4 Å². The van der Waals surface area contributed by atoms with Gasteiger partial charge in [-0.3, -0.25) is 9.78 Å². The van der Waals surface area contributed by atoms with E-state index in [0.29, 0.717) is 6.54 Å². The first-order valence-corrected chi connectivity index (χ1v) is 5.42. The number of aromatic nitrogens is 1. The van der Waals surface area contributed by atoms with Crippen LogP contribution in [-0.4, -0.2) is 24.6 Å². The highest BCUT2D eigenvalue weighted by atomic mass is 16.5. The highest BCUT2D eigenvalue weighted by molar-refractivity contribution is 5.78.